The van der Waals surface area contributed by atoms with Gasteiger partial charge in [-0.05, 0) is 59.8 Å². The Morgan fingerprint density at radius 1 is 0.971 bits per heavy atom. The van der Waals surface area contributed by atoms with Gasteiger partial charge in [0, 0.05) is 26.8 Å². The zero-order valence-electron chi connectivity index (χ0n) is 17.7. The molecule has 0 bridgehead atoms. The molecule has 2 amide bonds. The van der Waals surface area contributed by atoms with Crippen LogP contribution in [-0.4, -0.2) is 25.8 Å². The largest absolute Gasteiger partial charge is 0.293 e. The van der Waals surface area contributed by atoms with Crippen LogP contribution >= 0.6 is 39.3 Å². The molecule has 0 spiro atoms. The monoisotopic (exact) mass is 549 g/mol. The van der Waals surface area contributed by atoms with Gasteiger partial charge in [-0.3, -0.25) is 14.5 Å². The highest BCUT2D eigenvalue weighted by atomic mass is 79.9. The van der Waals surface area contributed by atoms with Crippen LogP contribution in [0.4, 0.5) is 4.79 Å². The van der Waals surface area contributed by atoms with Crippen LogP contribution in [0.3, 0.4) is 0 Å². The number of para-hydroxylation sites is 1. The summed E-state index contributed by atoms with van der Waals surface area (Å²) in [6.45, 7) is 0.217. The van der Waals surface area contributed by atoms with Crippen molar-refractivity contribution in [3.63, 3.8) is 0 Å². The van der Waals surface area contributed by atoms with Crippen molar-refractivity contribution in [2.24, 2.45) is 0 Å². The highest BCUT2D eigenvalue weighted by molar-refractivity contribution is 9.10. The van der Waals surface area contributed by atoms with Crippen molar-refractivity contribution in [1.82, 2.24) is 14.7 Å². The predicted octanol–water partition coefficient (Wildman–Crippen LogP) is 7.19. The molecule has 2 heterocycles. The Morgan fingerprint density at radius 3 is 2.47 bits per heavy atom. The molecule has 1 aliphatic rings. The van der Waals surface area contributed by atoms with Gasteiger partial charge in [0.2, 0.25) is 0 Å². The highest BCUT2D eigenvalue weighted by Crippen LogP contribution is 2.35. The minimum atomic E-state index is -0.315. The van der Waals surface area contributed by atoms with Gasteiger partial charge in [0.05, 0.1) is 22.8 Å². The molecule has 0 radical (unpaired) electrons. The zero-order valence-corrected chi connectivity index (χ0v) is 20.8. The maximum atomic E-state index is 13.1. The fraction of sp³-hybridized carbons (Fsp3) is 0.0385. The molecule has 0 aliphatic carbocycles. The summed E-state index contributed by atoms with van der Waals surface area (Å²) in [6, 6.07) is 24.7. The summed E-state index contributed by atoms with van der Waals surface area (Å²) >= 11 is 10.4. The van der Waals surface area contributed by atoms with Crippen LogP contribution in [0.1, 0.15) is 11.1 Å². The summed E-state index contributed by atoms with van der Waals surface area (Å²) in [6.07, 6.45) is 3.60. The third-order valence-electron chi connectivity index (χ3n) is 5.27. The van der Waals surface area contributed by atoms with E-state index in [1.807, 2.05) is 72.9 Å². The average Bonchev–Trinajstić information content (AvgIpc) is 3.37. The lowest BCUT2D eigenvalue weighted by molar-refractivity contribution is -0.123. The van der Waals surface area contributed by atoms with Crippen molar-refractivity contribution in [3.05, 3.63) is 111 Å². The molecule has 34 heavy (non-hydrogen) atoms. The summed E-state index contributed by atoms with van der Waals surface area (Å²) in [5, 5.41) is 5.10. The van der Waals surface area contributed by atoms with Gasteiger partial charge in [0.25, 0.3) is 11.1 Å². The first-order valence-corrected chi connectivity index (χ1v) is 12.4. The molecule has 4 aromatic rings. The second-order valence-electron chi connectivity index (χ2n) is 7.62. The first kappa shape index (κ1) is 22.7. The molecule has 0 atom stereocenters. The standard InChI is InChI=1S/C26H17BrClN3O2S/c27-20-6-4-5-17(13-20)15-30-25(32)23(34-26(30)33)14-19-16-31(22-7-2-1-3-8-22)29-24(19)18-9-11-21(28)12-10-18/h1-14,16H,15H2/b23-14-. The van der Waals surface area contributed by atoms with Gasteiger partial charge in [0.1, 0.15) is 0 Å². The summed E-state index contributed by atoms with van der Waals surface area (Å²) < 4.78 is 2.66. The van der Waals surface area contributed by atoms with Crippen LogP contribution in [0.15, 0.2) is 94.4 Å². The Balaban J connectivity index is 1.52. The van der Waals surface area contributed by atoms with E-state index in [0.717, 1.165) is 38.6 Å². The molecule has 1 fully saturated rings. The highest BCUT2D eigenvalue weighted by Gasteiger charge is 2.35. The molecule has 0 unspecified atom stereocenters. The van der Waals surface area contributed by atoms with E-state index in [4.69, 9.17) is 16.7 Å². The van der Waals surface area contributed by atoms with Gasteiger partial charge in [-0.1, -0.05) is 70.0 Å². The fourth-order valence-corrected chi connectivity index (χ4v) is 5.04. The third-order valence-corrected chi connectivity index (χ3v) is 6.92. The van der Waals surface area contributed by atoms with E-state index in [0.29, 0.717) is 15.6 Å². The van der Waals surface area contributed by atoms with Crippen LogP contribution in [0.25, 0.3) is 23.0 Å². The van der Waals surface area contributed by atoms with Crippen molar-refractivity contribution in [1.29, 1.82) is 0 Å². The van der Waals surface area contributed by atoms with E-state index in [9.17, 15) is 9.59 Å². The van der Waals surface area contributed by atoms with Crippen molar-refractivity contribution in [2.45, 2.75) is 6.54 Å². The first-order chi connectivity index (χ1) is 16.5. The molecular weight excluding hydrogens is 534 g/mol. The van der Waals surface area contributed by atoms with Gasteiger partial charge in [-0.25, -0.2) is 4.68 Å². The molecule has 168 valence electrons. The topological polar surface area (TPSA) is 55.2 Å². The van der Waals surface area contributed by atoms with Gasteiger partial charge < -0.3 is 0 Å². The molecule has 3 aromatic carbocycles. The van der Waals surface area contributed by atoms with E-state index in [1.54, 1.807) is 22.9 Å². The normalized spacial score (nSPS) is 14.9. The van der Waals surface area contributed by atoms with Crippen LogP contribution in [0, 0.1) is 0 Å². The number of thioether (sulfide) groups is 1. The number of amides is 2. The number of carbonyl (C=O) groups excluding carboxylic acids is 2. The lowest BCUT2D eigenvalue weighted by Crippen LogP contribution is -2.27. The molecule has 1 saturated heterocycles. The summed E-state index contributed by atoms with van der Waals surface area (Å²) in [4.78, 5) is 27.4. The van der Waals surface area contributed by atoms with E-state index >= 15 is 0 Å². The lowest BCUT2D eigenvalue weighted by atomic mass is 10.1. The van der Waals surface area contributed by atoms with Crippen molar-refractivity contribution in [2.75, 3.05) is 0 Å². The lowest BCUT2D eigenvalue weighted by Gasteiger charge is -2.12. The number of hydrogen-bond donors (Lipinski definition) is 0. The summed E-state index contributed by atoms with van der Waals surface area (Å²) in [5.41, 5.74) is 4.05. The van der Waals surface area contributed by atoms with Gasteiger partial charge >= 0.3 is 0 Å². The van der Waals surface area contributed by atoms with Gasteiger partial charge in [-0.15, -0.1) is 0 Å². The Bertz CT molecular complexity index is 1420. The second kappa shape index (κ2) is 9.62. The first-order valence-electron chi connectivity index (χ1n) is 10.4. The number of imide groups is 1. The Hall–Kier alpha value is -3.13. The number of hydrogen-bond acceptors (Lipinski definition) is 4. The molecule has 5 rings (SSSR count). The number of carbonyl (C=O) groups is 2. The summed E-state index contributed by atoms with van der Waals surface area (Å²) in [5.74, 6) is -0.315. The van der Waals surface area contributed by atoms with Gasteiger partial charge in [0.15, 0.2) is 0 Å². The Labute approximate surface area is 214 Å². The SMILES string of the molecule is O=C1S/C(=C\c2cn(-c3ccccc3)nc2-c2ccc(Cl)cc2)C(=O)N1Cc1cccc(Br)c1. The van der Waals surface area contributed by atoms with E-state index < -0.39 is 0 Å². The number of nitrogens with zero attached hydrogens (tertiary/aromatic N) is 3. The van der Waals surface area contributed by atoms with E-state index in [-0.39, 0.29) is 17.7 Å². The summed E-state index contributed by atoms with van der Waals surface area (Å²) in [7, 11) is 0. The fourth-order valence-electron chi connectivity index (χ4n) is 3.63. The Kier molecular flexibility index (Phi) is 6.41. The molecular formula is C26H17BrClN3O2S. The minimum absolute atomic E-state index is 0.217. The predicted molar refractivity (Wildman–Crippen MR) is 140 cm³/mol. The molecule has 0 saturated carbocycles. The Morgan fingerprint density at radius 2 is 1.74 bits per heavy atom. The average molecular weight is 551 g/mol. The van der Waals surface area contributed by atoms with Crippen LogP contribution in [0.2, 0.25) is 5.02 Å². The van der Waals surface area contributed by atoms with Gasteiger partial charge in [-0.2, -0.15) is 5.10 Å². The molecule has 5 nitrogen and oxygen atoms in total. The third kappa shape index (κ3) is 4.73. The number of aromatic nitrogens is 2. The smallest absolute Gasteiger partial charge is 0.268 e. The van der Waals surface area contributed by atoms with Crippen LogP contribution in [-0.2, 0) is 11.3 Å². The second-order valence-corrected chi connectivity index (χ2v) is 9.96. The number of halogens is 2. The molecule has 8 heteroatoms. The maximum Gasteiger partial charge on any atom is 0.293 e. The molecule has 1 aliphatic heterocycles. The minimum Gasteiger partial charge on any atom is -0.268 e. The van der Waals surface area contributed by atoms with E-state index in [2.05, 4.69) is 15.9 Å². The van der Waals surface area contributed by atoms with Crippen LogP contribution < -0.4 is 0 Å². The zero-order chi connectivity index (χ0) is 23.7. The quantitative estimate of drug-likeness (QED) is 0.247. The number of benzene rings is 3. The van der Waals surface area contributed by atoms with Crippen molar-refractivity contribution < 1.29 is 9.59 Å². The molecule has 1 aromatic heterocycles. The van der Waals surface area contributed by atoms with Crippen molar-refractivity contribution >= 4 is 56.5 Å². The molecule has 0 N–H and O–H groups in total. The number of rotatable bonds is 5. The van der Waals surface area contributed by atoms with E-state index in [1.165, 1.54) is 4.90 Å². The van der Waals surface area contributed by atoms with Crippen LogP contribution in [0.5, 0.6) is 0 Å². The maximum absolute atomic E-state index is 13.1. The van der Waals surface area contributed by atoms with Crippen molar-refractivity contribution in [3.8, 4) is 16.9 Å².